The minimum Gasteiger partial charge on any atom is -0.356 e. The molecule has 98 valence electrons. The highest BCUT2D eigenvalue weighted by Crippen LogP contribution is 2.27. The molecule has 1 aliphatic rings. The normalized spacial score (nSPS) is 18.7. The standard InChI is InChI=1S/C13H18FN3O/c1-13(2)12(18)16-3-4-17(13)11-6-9(8-15)5-10(14)7-11/h5-7H,3-4,8,15H2,1-2H3,(H,16,18). The van der Waals surface area contributed by atoms with Crippen LogP contribution in [0.15, 0.2) is 18.2 Å². The lowest BCUT2D eigenvalue weighted by atomic mass is 9.97. The highest BCUT2D eigenvalue weighted by Gasteiger charge is 2.37. The van der Waals surface area contributed by atoms with Gasteiger partial charge in [0.1, 0.15) is 11.4 Å². The van der Waals surface area contributed by atoms with Crippen molar-refractivity contribution in [2.45, 2.75) is 25.9 Å². The molecule has 18 heavy (non-hydrogen) atoms. The Kier molecular flexibility index (Phi) is 3.26. The Morgan fingerprint density at radius 2 is 2.17 bits per heavy atom. The second kappa shape index (κ2) is 4.57. The SMILES string of the molecule is CC1(C)C(=O)NCCN1c1cc(F)cc(CN)c1. The predicted octanol–water partition coefficient (Wildman–Crippen LogP) is 0.999. The summed E-state index contributed by atoms with van der Waals surface area (Å²) in [5, 5.41) is 2.82. The van der Waals surface area contributed by atoms with Crippen molar-refractivity contribution in [2.75, 3.05) is 18.0 Å². The zero-order valence-electron chi connectivity index (χ0n) is 10.7. The summed E-state index contributed by atoms with van der Waals surface area (Å²) < 4.78 is 13.5. The Balaban J connectivity index is 2.41. The van der Waals surface area contributed by atoms with Gasteiger partial charge in [-0.1, -0.05) is 0 Å². The molecule has 1 amide bonds. The molecule has 1 saturated heterocycles. The molecule has 1 fully saturated rings. The van der Waals surface area contributed by atoms with E-state index in [9.17, 15) is 9.18 Å². The van der Waals surface area contributed by atoms with Crippen LogP contribution in [-0.2, 0) is 11.3 Å². The average molecular weight is 251 g/mol. The Morgan fingerprint density at radius 3 is 2.83 bits per heavy atom. The van der Waals surface area contributed by atoms with Gasteiger partial charge in [0, 0.05) is 25.3 Å². The van der Waals surface area contributed by atoms with E-state index in [4.69, 9.17) is 5.73 Å². The van der Waals surface area contributed by atoms with Crippen LogP contribution in [0, 0.1) is 5.82 Å². The Morgan fingerprint density at radius 1 is 1.44 bits per heavy atom. The van der Waals surface area contributed by atoms with Crippen molar-refractivity contribution in [2.24, 2.45) is 5.73 Å². The molecular weight excluding hydrogens is 233 g/mol. The number of benzene rings is 1. The molecule has 3 N–H and O–H groups in total. The van der Waals surface area contributed by atoms with Crippen LogP contribution in [0.1, 0.15) is 19.4 Å². The molecule has 1 aromatic rings. The average Bonchev–Trinajstić information content (AvgIpc) is 2.31. The highest BCUT2D eigenvalue weighted by molar-refractivity contribution is 5.90. The van der Waals surface area contributed by atoms with Crippen LogP contribution in [0.3, 0.4) is 0 Å². The molecule has 1 aliphatic heterocycles. The lowest BCUT2D eigenvalue weighted by Gasteiger charge is -2.43. The van der Waals surface area contributed by atoms with Gasteiger partial charge in [0.2, 0.25) is 5.91 Å². The molecule has 0 aliphatic carbocycles. The molecule has 0 radical (unpaired) electrons. The number of carbonyl (C=O) groups excluding carboxylic acids is 1. The number of hydrogen-bond donors (Lipinski definition) is 2. The van der Waals surface area contributed by atoms with Gasteiger partial charge < -0.3 is 16.0 Å². The Bertz CT molecular complexity index is 473. The minimum absolute atomic E-state index is 0.0488. The van der Waals surface area contributed by atoms with Crippen LogP contribution in [-0.4, -0.2) is 24.5 Å². The van der Waals surface area contributed by atoms with E-state index in [1.165, 1.54) is 12.1 Å². The fourth-order valence-corrected chi connectivity index (χ4v) is 2.26. The van der Waals surface area contributed by atoms with Gasteiger partial charge in [0.05, 0.1) is 0 Å². The molecular formula is C13H18FN3O. The van der Waals surface area contributed by atoms with Crippen molar-refractivity contribution in [3.05, 3.63) is 29.6 Å². The zero-order valence-corrected chi connectivity index (χ0v) is 10.7. The third-order valence-corrected chi connectivity index (χ3v) is 3.34. The van der Waals surface area contributed by atoms with E-state index in [1.807, 2.05) is 24.8 Å². The molecule has 0 atom stereocenters. The van der Waals surface area contributed by atoms with Gasteiger partial charge in [-0.25, -0.2) is 4.39 Å². The highest BCUT2D eigenvalue weighted by atomic mass is 19.1. The van der Waals surface area contributed by atoms with Crippen molar-refractivity contribution in [3.63, 3.8) is 0 Å². The largest absolute Gasteiger partial charge is 0.356 e. The summed E-state index contributed by atoms with van der Waals surface area (Å²) in [6.07, 6.45) is 0. The summed E-state index contributed by atoms with van der Waals surface area (Å²) in [5.41, 5.74) is 6.30. The Hall–Kier alpha value is -1.62. The number of nitrogens with two attached hydrogens (primary N) is 1. The first kappa shape index (κ1) is 12.8. The minimum atomic E-state index is -0.683. The van der Waals surface area contributed by atoms with Gasteiger partial charge in [-0.2, -0.15) is 0 Å². The van der Waals surface area contributed by atoms with Crippen LogP contribution >= 0.6 is 0 Å². The number of anilines is 1. The first-order valence-electron chi connectivity index (χ1n) is 6.00. The van der Waals surface area contributed by atoms with Gasteiger partial charge in [-0.05, 0) is 37.6 Å². The maximum absolute atomic E-state index is 13.5. The second-order valence-electron chi connectivity index (χ2n) is 4.99. The van der Waals surface area contributed by atoms with Crippen LogP contribution in [0.5, 0.6) is 0 Å². The third kappa shape index (κ3) is 2.18. The summed E-state index contributed by atoms with van der Waals surface area (Å²) in [7, 11) is 0. The number of amides is 1. The zero-order chi connectivity index (χ0) is 13.3. The fourth-order valence-electron chi connectivity index (χ4n) is 2.26. The molecule has 5 heteroatoms. The summed E-state index contributed by atoms with van der Waals surface area (Å²) >= 11 is 0. The van der Waals surface area contributed by atoms with Gasteiger partial charge in [0.15, 0.2) is 0 Å². The van der Waals surface area contributed by atoms with Crippen LogP contribution in [0.2, 0.25) is 0 Å². The predicted molar refractivity (Wildman–Crippen MR) is 68.7 cm³/mol. The second-order valence-corrected chi connectivity index (χ2v) is 4.99. The number of rotatable bonds is 2. The number of nitrogens with zero attached hydrogens (tertiary/aromatic N) is 1. The number of carbonyl (C=O) groups is 1. The van der Waals surface area contributed by atoms with E-state index < -0.39 is 5.54 Å². The van der Waals surface area contributed by atoms with E-state index in [0.29, 0.717) is 18.8 Å². The number of nitrogens with one attached hydrogen (secondary N) is 1. The molecule has 0 unspecified atom stereocenters. The molecule has 1 aromatic carbocycles. The van der Waals surface area contributed by atoms with Crippen LogP contribution in [0.4, 0.5) is 10.1 Å². The fraction of sp³-hybridized carbons (Fsp3) is 0.462. The third-order valence-electron chi connectivity index (χ3n) is 3.34. The molecule has 0 bridgehead atoms. The smallest absolute Gasteiger partial charge is 0.245 e. The maximum Gasteiger partial charge on any atom is 0.245 e. The number of halogens is 1. The molecule has 0 saturated carbocycles. The van der Waals surface area contributed by atoms with Crippen LogP contribution < -0.4 is 16.0 Å². The van der Waals surface area contributed by atoms with E-state index >= 15 is 0 Å². The van der Waals surface area contributed by atoms with Gasteiger partial charge in [-0.15, -0.1) is 0 Å². The van der Waals surface area contributed by atoms with E-state index in [1.54, 1.807) is 0 Å². The van der Waals surface area contributed by atoms with Crippen molar-refractivity contribution in [3.8, 4) is 0 Å². The summed E-state index contributed by atoms with van der Waals surface area (Å²) in [4.78, 5) is 13.8. The first-order chi connectivity index (χ1) is 8.45. The Labute approximate surface area is 106 Å². The maximum atomic E-state index is 13.5. The van der Waals surface area contributed by atoms with Crippen molar-refractivity contribution in [1.82, 2.24) is 5.32 Å². The quantitative estimate of drug-likeness (QED) is 0.824. The summed E-state index contributed by atoms with van der Waals surface area (Å²) in [5.74, 6) is -0.373. The molecule has 4 nitrogen and oxygen atoms in total. The van der Waals surface area contributed by atoms with E-state index in [2.05, 4.69) is 5.32 Å². The summed E-state index contributed by atoms with van der Waals surface area (Å²) in [6, 6.07) is 4.70. The molecule has 1 heterocycles. The number of hydrogen-bond acceptors (Lipinski definition) is 3. The van der Waals surface area contributed by atoms with Crippen molar-refractivity contribution < 1.29 is 9.18 Å². The van der Waals surface area contributed by atoms with Crippen molar-refractivity contribution in [1.29, 1.82) is 0 Å². The molecule has 2 rings (SSSR count). The van der Waals surface area contributed by atoms with Crippen molar-refractivity contribution >= 4 is 11.6 Å². The van der Waals surface area contributed by atoms with E-state index in [0.717, 1.165) is 5.56 Å². The topological polar surface area (TPSA) is 58.4 Å². The lowest BCUT2D eigenvalue weighted by molar-refractivity contribution is -0.126. The monoisotopic (exact) mass is 251 g/mol. The molecule has 0 aromatic heterocycles. The van der Waals surface area contributed by atoms with E-state index in [-0.39, 0.29) is 18.3 Å². The van der Waals surface area contributed by atoms with Gasteiger partial charge in [0.25, 0.3) is 0 Å². The lowest BCUT2D eigenvalue weighted by Crippen LogP contribution is -2.62. The van der Waals surface area contributed by atoms with Crippen LogP contribution in [0.25, 0.3) is 0 Å². The first-order valence-corrected chi connectivity index (χ1v) is 6.00. The summed E-state index contributed by atoms with van der Waals surface area (Å²) in [6.45, 7) is 5.16. The van der Waals surface area contributed by atoms with Gasteiger partial charge in [-0.3, -0.25) is 4.79 Å². The molecule has 0 spiro atoms. The number of piperazine rings is 1. The van der Waals surface area contributed by atoms with Gasteiger partial charge >= 0.3 is 0 Å².